The van der Waals surface area contributed by atoms with Gasteiger partial charge in [-0.2, -0.15) is 9.47 Å². The fraction of sp³-hybridized carbons (Fsp3) is 0.417. The summed E-state index contributed by atoms with van der Waals surface area (Å²) in [6.07, 6.45) is 3.84. The van der Waals surface area contributed by atoms with Crippen LogP contribution >= 0.6 is 11.5 Å². The molecule has 1 amide bonds. The average molecular weight is 292 g/mol. The third-order valence-corrected chi connectivity index (χ3v) is 4.05. The number of anilines is 2. The Hall–Kier alpha value is -2.09. The number of nitrogens with one attached hydrogen (secondary N) is 3. The molecule has 2 aromatic heterocycles. The number of rotatable bonds is 5. The Kier molecular flexibility index (Phi) is 3.31. The predicted molar refractivity (Wildman–Crippen MR) is 77.7 cm³/mol. The Balaban J connectivity index is 1.72. The number of carbonyl (C=O) groups excluding carboxylic acids is 1. The van der Waals surface area contributed by atoms with Crippen LogP contribution in [0.4, 0.5) is 10.8 Å². The molecule has 7 nitrogen and oxygen atoms in total. The largest absolute Gasteiger partial charge is 0.382 e. The average Bonchev–Trinajstić information content (AvgIpc) is 3.00. The maximum absolute atomic E-state index is 12.1. The molecule has 0 saturated heterocycles. The highest BCUT2D eigenvalue weighted by Crippen LogP contribution is 2.29. The molecule has 0 radical (unpaired) electrons. The van der Waals surface area contributed by atoms with Gasteiger partial charge in [0.2, 0.25) is 0 Å². The minimum absolute atomic E-state index is 0.148. The summed E-state index contributed by atoms with van der Waals surface area (Å²) in [5.41, 5.74) is 8.29. The van der Waals surface area contributed by atoms with Crippen molar-refractivity contribution in [2.45, 2.75) is 32.4 Å². The number of hydrogen-bond acceptors (Lipinski definition) is 6. The minimum atomic E-state index is -0.148. The lowest BCUT2D eigenvalue weighted by Gasteiger charge is -2.07. The maximum atomic E-state index is 12.1. The lowest BCUT2D eigenvalue weighted by atomic mass is 10.2. The summed E-state index contributed by atoms with van der Waals surface area (Å²) in [6.45, 7) is 2.53. The third-order valence-electron chi connectivity index (χ3n) is 3.23. The van der Waals surface area contributed by atoms with Gasteiger partial charge < -0.3 is 16.4 Å². The molecule has 2 heterocycles. The van der Waals surface area contributed by atoms with Crippen LogP contribution < -0.4 is 16.4 Å². The number of aryl methyl sites for hydroxylation is 1. The van der Waals surface area contributed by atoms with E-state index in [1.54, 1.807) is 6.20 Å². The quantitative estimate of drug-likeness (QED) is 0.663. The van der Waals surface area contributed by atoms with Crippen LogP contribution in [-0.4, -0.2) is 26.5 Å². The number of aromatic nitrogens is 3. The monoisotopic (exact) mass is 292 g/mol. The van der Waals surface area contributed by atoms with Gasteiger partial charge in [0, 0.05) is 23.8 Å². The molecule has 8 heteroatoms. The zero-order chi connectivity index (χ0) is 14.1. The van der Waals surface area contributed by atoms with E-state index >= 15 is 0 Å². The molecule has 0 unspecified atom stereocenters. The number of hydrogen-bond donors (Lipinski definition) is 4. The molecule has 1 fully saturated rings. The molecule has 2 aromatic rings. The van der Waals surface area contributed by atoms with Gasteiger partial charge in [0.1, 0.15) is 10.6 Å². The highest BCUT2D eigenvalue weighted by atomic mass is 32.1. The summed E-state index contributed by atoms with van der Waals surface area (Å²) in [5.74, 6) is 0.129. The number of aromatic amines is 1. The van der Waals surface area contributed by atoms with Crippen molar-refractivity contribution in [1.82, 2.24) is 19.9 Å². The van der Waals surface area contributed by atoms with Gasteiger partial charge in [0.25, 0.3) is 5.91 Å². The summed E-state index contributed by atoms with van der Waals surface area (Å²) in [5, 5.41) is 13.7. The second-order valence-electron chi connectivity index (χ2n) is 4.89. The van der Waals surface area contributed by atoms with E-state index in [0.717, 1.165) is 24.1 Å². The van der Waals surface area contributed by atoms with E-state index in [1.165, 1.54) is 11.5 Å². The first-order chi connectivity index (χ1) is 9.65. The molecular formula is C12H16N6OS. The molecule has 0 atom stereocenters. The molecule has 1 aliphatic rings. The van der Waals surface area contributed by atoms with E-state index in [0.29, 0.717) is 23.2 Å². The SMILES string of the molecule is Cc1[nH]ncc1CNc1snc(N)c1C(=O)NC1CC1. The van der Waals surface area contributed by atoms with Crippen LogP contribution in [0.15, 0.2) is 6.20 Å². The topological polar surface area (TPSA) is 109 Å². The molecule has 1 aliphatic carbocycles. The van der Waals surface area contributed by atoms with E-state index in [2.05, 4.69) is 25.2 Å². The molecule has 0 spiro atoms. The van der Waals surface area contributed by atoms with Crippen molar-refractivity contribution in [1.29, 1.82) is 0 Å². The van der Waals surface area contributed by atoms with E-state index in [-0.39, 0.29) is 11.7 Å². The zero-order valence-corrected chi connectivity index (χ0v) is 11.9. The highest BCUT2D eigenvalue weighted by molar-refractivity contribution is 7.11. The standard InChI is InChI=1S/C12H16N6OS/c1-6-7(5-15-17-6)4-14-12-9(10(13)18-20-12)11(19)16-8-2-3-8/h5,8,14H,2-4H2,1H3,(H2,13,18)(H,15,17)(H,16,19). The van der Waals surface area contributed by atoms with Gasteiger partial charge in [0.15, 0.2) is 5.82 Å². The number of nitrogens with two attached hydrogens (primary N) is 1. The molecule has 0 aromatic carbocycles. The number of amides is 1. The normalized spacial score (nSPS) is 14.2. The second kappa shape index (κ2) is 5.12. The van der Waals surface area contributed by atoms with Gasteiger partial charge in [-0.15, -0.1) is 0 Å². The molecule has 106 valence electrons. The maximum Gasteiger partial charge on any atom is 0.258 e. The summed E-state index contributed by atoms with van der Waals surface area (Å²) < 4.78 is 4.06. The first kappa shape index (κ1) is 12.9. The lowest BCUT2D eigenvalue weighted by molar-refractivity contribution is 0.0953. The van der Waals surface area contributed by atoms with Gasteiger partial charge in [-0.05, 0) is 31.3 Å². The van der Waals surface area contributed by atoms with Gasteiger partial charge in [-0.1, -0.05) is 0 Å². The number of H-pyrrole nitrogens is 1. The number of nitrogens with zero attached hydrogens (tertiary/aromatic N) is 2. The van der Waals surface area contributed by atoms with Gasteiger partial charge in [-0.25, -0.2) is 0 Å². The van der Waals surface area contributed by atoms with Crippen LogP contribution in [0.1, 0.15) is 34.5 Å². The summed E-state index contributed by atoms with van der Waals surface area (Å²) in [7, 11) is 0. The Bertz CT molecular complexity index is 630. The molecule has 3 rings (SSSR count). The van der Waals surface area contributed by atoms with Crippen molar-refractivity contribution in [3.63, 3.8) is 0 Å². The van der Waals surface area contributed by atoms with E-state index in [4.69, 9.17) is 5.73 Å². The van der Waals surface area contributed by atoms with Crippen molar-refractivity contribution >= 4 is 28.3 Å². The van der Waals surface area contributed by atoms with Crippen LogP contribution in [0.3, 0.4) is 0 Å². The molecule has 20 heavy (non-hydrogen) atoms. The van der Waals surface area contributed by atoms with Crippen LogP contribution in [0.5, 0.6) is 0 Å². The van der Waals surface area contributed by atoms with Crippen molar-refractivity contribution in [2.24, 2.45) is 0 Å². The predicted octanol–water partition coefficient (Wildman–Crippen LogP) is 1.26. The fourth-order valence-electron chi connectivity index (χ4n) is 1.86. The number of carbonyl (C=O) groups is 1. The Morgan fingerprint density at radius 1 is 1.60 bits per heavy atom. The van der Waals surface area contributed by atoms with Gasteiger partial charge in [-0.3, -0.25) is 9.89 Å². The van der Waals surface area contributed by atoms with E-state index in [1.807, 2.05) is 6.92 Å². The third kappa shape index (κ3) is 2.60. The summed E-state index contributed by atoms with van der Waals surface area (Å²) in [4.78, 5) is 12.1. The van der Waals surface area contributed by atoms with Gasteiger partial charge >= 0.3 is 0 Å². The van der Waals surface area contributed by atoms with Crippen molar-refractivity contribution in [2.75, 3.05) is 11.1 Å². The fourth-order valence-corrected chi connectivity index (χ4v) is 2.56. The van der Waals surface area contributed by atoms with Crippen molar-refractivity contribution < 1.29 is 4.79 Å². The molecule has 1 saturated carbocycles. The van der Waals surface area contributed by atoms with Crippen molar-refractivity contribution in [3.05, 3.63) is 23.0 Å². The Labute approximate surface area is 120 Å². The number of nitrogen functional groups attached to an aromatic ring is 1. The molecule has 0 aliphatic heterocycles. The van der Waals surface area contributed by atoms with Crippen LogP contribution in [0, 0.1) is 6.92 Å². The Morgan fingerprint density at radius 2 is 2.40 bits per heavy atom. The smallest absolute Gasteiger partial charge is 0.258 e. The first-order valence-corrected chi connectivity index (χ1v) is 7.21. The zero-order valence-electron chi connectivity index (χ0n) is 11.1. The second-order valence-corrected chi connectivity index (χ2v) is 5.67. The van der Waals surface area contributed by atoms with E-state index in [9.17, 15) is 4.79 Å². The highest BCUT2D eigenvalue weighted by Gasteiger charge is 2.27. The Morgan fingerprint density at radius 3 is 3.05 bits per heavy atom. The van der Waals surface area contributed by atoms with Crippen LogP contribution in [-0.2, 0) is 6.54 Å². The summed E-state index contributed by atoms with van der Waals surface area (Å²) >= 11 is 1.20. The molecular weight excluding hydrogens is 276 g/mol. The van der Waals surface area contributed by atoms with E-state index < -0.39 is 0 Å². The first-order valence-electron chi connectivity index (χ1n) is 6.44. The van der Waals surface area contributed by atoms with Crippen molar-refractivity contribution in [3.8, 4) is 0 Å². The van der Waals surface area contributed by atoms with Crippen LogP contribution in [0.25, 0.3) is 0 Å². The molecule has 0 bridgehead atoms. The lowest BCUT2D eigenvalue weighted by Crippen LogP contribution is -2.26. The van der Waals surface area contributed by atoms with Crippen LogP contribution in [0.2, 0.25) is 0 Å². The minimum Gasteiger partial charge on any atom is -0.382 e. The molecule has 5 N–H and O–H groups in total. The van der Waals surface area contributed by atoms with Gasteiger partial charge in [0.05, 0.1) is 6.20 Å². The summed E-state index contributed by atoms with van der Waals surface area (Å²) in [6, 6.07) is 0.297.